The molecule has 4 heteroatoms. The maximum atomic E-state index is 13.3. The van der Waals surface area contributed by atoms with Gasteiger partial charge >= 0.3 is 5.97 Å². The summed E-state index contributed by atoms with van der Waals surface area (Å²) in [6.07, 6.45) is 2.43. The van der Waals surface area contributed by atoms with Crippen molar-refractivity contribution < 1.29 is 14.3 Å². The summed E-state index contributed by atoms with van der Waals surface area (Å²) in [7, 11) is 0. The highest BCUT2D eigenvalue weighted by molar-refractivity contribution is 6.06. The summed E-state index contributed by atoms with van der Waals surface area (Å²) in [6.45, 7) is 4.54. The van der Waals surface area contributed by atoms with E-state index < -0.39 is 0 Å². The molecule has 0 saturated carbocycles. The van der Waals surface area contributed by atoms with E-state index in [1.807, 2.05) is 97.9 Å². The van der Waals surface area contributed by atoms with E-state index in [0.717, 1.165) is 16.8 Å². The first kappa shape index (κ1) is 22.0. The maximum absolute atomic E-state index is 13.3. The molecule has 0 aliphatic heterocycles. The minimum atomic E-state index is -0.293. The molecule has 0 aliphatic carbocycles. The molecule has 0 aromatic heterocycles. The summed E-state index contributed by atoms with van der Waals surface area (Å²) < 4.78 is 5.12. The van der Waals surface area contributed by atoms with Crippen LogP contribution < -0.4 is 4.90 Å². The number of rotatable bonds is 8. The van der Waals surface area contributed by atoms with E-state index in [-0.39, 0.29) is 11.9 Å². The molecule has 0 radical (unpaired) electrons. The number of amides is 1. The number of anilines is 1. The largest absolute Gasteiger partial charge is 0.463 e. The average molecular weight is 414 g/mol. The number of hydrogen-bond acceptors (Lipinski definition) is 3. The molecule has 0 fully saturated rings. The van der Waals surface area contributed by atoms with E-state index in [0.29, 0.717) is 30.7 Å². The minimum absolute atomic E-state index is 0.0616. The van der Waals surface area contributed by atoms with E-state index in [2.05, 4.69) is 0 Å². The Morgan fingerprint density at radius 2 is 1.45 bits per heavy atom. The summed E-state index contributed by atoms with van der Waals surface area (Å²) >= 11 is 0. The highest BCUT2D eigenvalue weighted by atomic mass is 16.5. The highest BCUT2D eigenvalue weighted by Crippen LogP contribution is 2.22. The number of esters is 1. The average Bonchev–Trinajstić information content (AvgIpc) is 2.82. The van der Waals surface area contributed by atoms with Crippen LogP contribution in [0.15, 0.2) is 90.5 Å². The number of hydrogen-bond donors (Lipinski definition) is 0. The van der Waals surface area contributed by atoms with Gasteiger partial charge < -0.3 is 9.64 Å². The van der Waals surface area contributed by atoms with Crippen LogP contribution in [0.4, 0.5) is 5.69 Å². The lowest BCUT2D eigenvalue weighted by Crippen LogP contribution is -2.30. The fourth-order valence-corrected chi connectivity index (χ4v) is 3.26. The lowest BCUT2D eigenvalue weighted by Gasteiger charge is -2.23. The normalized spacial score (nSPS) is 11.1. The molecule has 0 spiro atoms. The van der Waals surface area contributed by atoms with Crippen LogP contribution in [0, 0.1) is 0 Å². The van der Waals surface area contributed by atoms with Crippen molar-refractivity contribution in [1.29, 1.82) is 0 Å². The molecule has 3 rings (SSSR count). The third-order valence-corrected chi connectivity index (χ3v) is 4.91. The van der Waals surface area contributed by atoms with Gasteiger partial charge in [-0.1, -0.05) is 67.6 Å². The fraction of sp³-hybridized carbons (Fsp3) is 0.185. The second kappa shape index (κ2) is 10.9. The van der Waals surface area contributed by atoms with Crippen molar-refractivity contribution >= 4 is 23.6 Å². The Labute approximate surface area is 183 Å². The molecule has 158 valence electrons. The van der Waals surface area contributed by atoms with E-state index >= 15 is 0 Å². The Morgan fingerprint density at radius 3 is 2.03 bits per heavy atom. The van der Waals surface area contributed by atoms with Crippen LogP contribution in [-0.4, -0.2) is 18.5 Å². The number of nitrogens with zero attached hydrogens (tertiary/aromatic N) is 1. The molecule has 31 heavy (non-hydrogen) atoms. The van der Waals surface area contributed by atoms with Gasteiger partial charge in [0.1, 0.15) is 0 Å². The Morgan fingerprint density at radius 1 is 0.839 bits per heavy atom. The van der Waals surface area contributed by atoms with Gasteiger partial charge in [-0.2, -0.15) is 0 Å². The number of carbonyl (C=O) groups is 2. The molecule has 0 heterocycles. The van der Waals surface area contributed by atoms with Crippen molar-refractivity contribution in [2.45, 2.75) is 26.8 Å². The lowest BCUT2D eigenvalue weighted by atomic mass is 10.1. The number of benzene rings is 3. The Balaban J connectivity index is 1.90. The molecule has 4 nitrogen and oxygen atoms in total. The van der Waals surface area contributed by atoms with E-state index in [1.54, 1.807) is 11.8 Å². The first-order valence-corrected chi connectivity index (χ1v) is 10.5. The van der Waals surface area contributed by atoms with Crippen molar-refractivity contribution in [3.8, 4) is 0 Å². The van der Waals surface area contributed by atoms with Gasteiger partial charge in [0, 0.05) is 16.8 Å². The van der Waals surface area contributed by atoms with Gasteiger partial charge in [-0.15, -0.1) is 0 Å². The molecule has 0 saturated heterocycles. The standard InChI is InChI=1S/C27H27NO3/c1-3-23(27(30)31-4-2)19-21-15-17-25(18-16-21)28(20-22-11-7-5-8-12-22)26(29)24-13-9-6-10-14-24/h5-19H,3-4,20H2,1-2H3/b23-19+. The molecular formula is C27H27NO3. The number of ether oxygens (including phenoxy) is 1. The van der Waals surface area contributed by atoms with Crippen LogP contribution in [0.5, 0.6) is 0 Å². The van der Waals surface area contributed by atoms with Gasteiger partial charge in [-0.3, -0.25) is 4.79 Å². The Kier molecular flexibility index (Phi) is 7.77. The second-order valence-electron chi connectivity index (χ2n) is 7.08. The third kappa shape index (κ3) is 5.92. The zero-order valence-corrected chi connectivity index (χ0v) is 18.0. The summed E-state index contributed by atoms with van der Waals surface area (Å²) in [6, 6.07) is 26.8. The molecule has 3 aromatic rings. The van der Waals surface area contributed by atoms with Gasteiger partial charge in [0.05, 0.1) is 13.2 Å². The monoisotopic (exact) mass is 413 g/mol. The first-order chi connectivity index (χ1) is 15.1. The molecule has 0 unspecified atom stereocenters. The van der Waals surface area contributed by atoms with Crippen molar-refractivity contribution in [3.63, 3.8) is 0 Å². The minimum Gasteiger partial charge on any atom is -0.463 e. The molecular weight excluding hydrogens is 386 g/mol. The molecule has 3 aromatic carbocycles. The molecule has 0 bridgehead atoms. The van der Waals surface area contributed by atoms with Gasteiger partial charge in [0.2, 0.25) is 0 Å². The maximum Gasteiger partial charge on any atom is 0.333 e. The zero-order chi connectivity index (χ0) is 22.1. The third-order valence-electron chi connectivity index (χ3n) is 4.91. The predicted molar refractivity (Wildman–Crippen MR) is 125 cm³/mol. The van der Waals surface area contributed by atoms with Crippen molar-refractivity contribution in [2.75, 3.05) is 11.5 Å². The smallest absolute Gasteiger partial charge is 0.333 e. The second-order valence-corrected chi connectivity index (χ2v) is 7.08. The fourth-order valence-electron chi connectivity index (χ4n) is 3.26. The Hall–Kier alpha value is -3.66. The quantitative estimate of drug-likeness (QED) is 0.342. The summed E-state index contributed by atoms with van der Waals surface area (Å²) in [5, 5.41) is 0. The predicted octanol–water partition coefficient (Wildman–Crippen LogP) is 5.89. The SMILES string of the molecule is CCOC(=O)/C(=C/c1ccc(N(Cc2ccccc2)C(=O)c2ccccc2)cc1)CC. The van der Waals surface area contributed by atoms with E-state index in [1.165, 1.54) is 0 Å². The van der Waals surface area contributed by atoms with Crippen LogP contribution in [0.3, 0.4) is 0 Å². The van der Waals surface area contributed by atoms with Gasteiger partial charge in [-0.05, 0) is 54.8 Å². The summed E-state index contributed by atoms with van der Waals surface area (Å²) in [5.74, 6) is -0.354. The molecule has 0 atom stereocenters. The molecule has 0 aliphatic rings. The van der Waals surface area contributed by atoms with Gasteiger partial charge in [0.15, 0.2) is 0 Å². The van der Waals surface area contributed by atoms with Crippen molar-refractivity contribution in [1.82, 2.24) is 0 Å². The number of carbonyl (C=O) groups excluding carboxylic acids is 2. The van der Waals surface area contributed by atoms with E-state index in [4.69, 9.17) is 4.74 Å². The van der Waals surface area contributed by atoms with Crippen LogP contribution >= 0.6 is 0 Å². The summed E-state index contributed by atoms with van der Waals surface area (Å²) in [5.41, 5.74) is 3.99. The first-order valence-electron chi connectivity index (χ1n) is 10.5. The van der Waals surface area contributed by atoms with Crippen molar-refractivity contribution in [3.05, 3.63) is 107 Å². The molecule has 1 amide bonds. The summed E-state index contributed by atoms with van der Waals surface area (Å²) in [4.78, 5) is 27.1. The van der Waals surface area contributed by atoms with Gasteiger partial charge in [-0.25, -0.2) is 4.79 Å². The lowest BCUT2D eigenvalue weighted by molar-refractivity contribution is -0.138. The van der Waals surface area contributed by atoms with Crippen LogP contribution in [0.1, 0.15) is 41.8 Å². The van der Waals surface area contributed by atoms with Crippen LogP contribution in [0.2, 0.25) is 0 Å². The van der Waals surface area contributed by atoms with Crippen LogP contribution in [-0.2, 0) is 16.1 Å². The van der Waals surface area contributed by atoms with Crippen molar-refractivity contribution in [2.24, 2.45) is 0 Å². The van der Waals surface area contributed by atoms with Crippen LogP contribution in [0.25, 0.3) is 6.08 Å². The zero-order valence-electron chi connectivity index (χ0n) is 18.0. The van der Waals surface area contributed by atoms with Gasteiger partial charge in [0.25, 0.3) is 5.91 Å². The topological polar surface area (TPSA) is 46.6 Å². The van der Waals surface area contributed by atoms with E-state index in [9.17, 15) is 9.59 Å². The Bertz CT molecular complexity index is 1030. The molecule has 0 N–H and O–H groups in total. The highest BCUT2D eigenvalue weighted by Gasteiger charge is 2.18.